The van der Waals surface area contributed by atoms with Crippen molar-refractivity contribution in [1.29, 1.82) is 0 Å². The molecule has 1 saturated heterocycles. The van der Waals surface area contributed by atoms with Crippen LogP contribution < -0.4 is 5.32 Å². The van der Waals surface area contributed by atoms with Gasteiger partial charge in [-0.2, -0.15) is 0 Å². The topological polar surface area (TPSA) is 15.3 Å². The van der Waals surface area contributed by atoms with Gasteiger partial charge in [-0.1, -0.05) is 19.9 Å². The Morgan fingerprint density at radius 3 is 2.44 bits per heavy atom. The number of likely N-dealkylation sites (N-methyl/N-ethyl adjacent to an activating group) is 1. The standard InChI is InChI=1S/C14H28N2/c1-5-10-13(15-7-3)14(4,6-2)16-11-8-9-12-16/h5,13,15H,1,6-12H2,2-4H3. The van der Waals surface area contributed by atoms with Crippen LogP contribution in [-0.2, 0) is 0 Å². The van der Waals surface area contributed by atoms with Crippen molar-refractivity contribution in [3.8, 4) is 0 Å². The molecule has 0 aliphatic carbocycles. The number of hydrogen-bond donors (Lipinski definition) is 1. The van der Waals surface area contributed by atoms with E-state index < -0.39 is 0 Å². The molecule has 1 heterocycles. The summed E-state index contributed by atoms with van der Waals surface area (Å²) in [5.74, 6) is 0. The van der Waals surface area contributed by atoms with Crippen LogP contribution in [0.15, 0.2) is 12.7 Å². The van der Waals surface area contributed by atoms with Crippen LogP contribution >= 0.6 is 0 Å². The molecule has 1 fully saturated rings. The van der Waals surface area contributed by atoms with Crippen molar-refractivity contribution in [3.63, 3.8) is 0 Å². The molecule has 0 aromatic heterocycles. The van der Waals surface area contributed by atoms with Gasteiger partial charge in [-0.15, -0.1) is 6.58 Å². The van der Waals surface area contributed by atoms with Crippen molar-refractivity contribution in [2.45, 2.75) is 58.0 Å². The van der Waals surface area contributed by atoms with Gasteiger partial charge in [0.25, 0.3) is 0 Å². The molecular formula is C14H28N2. The van der Waals surface area contributed by atoms with Crippen LogP contribution in [0.1, 0.15) is 46.5 Å². The van der Waals surface area contributed by atoms with Gasteiger partial charge in [0, 0.05) is 11.6 Å². The molecule has 1 aliphatic rings. The summed E-state index contributed by atoms with van der Waals surface area (Å²) in [4.78, 5) is 2.67. The molecule has 16 heavy (non-hydrogen) atoms. The van der Waals surface area contributed by atoms with Crippen LogP contribution in [0, 0.1) is 0 Å². The van der Waals surface area contributed by atoms with Crippen molar-refractivity contribution < 1.29 is 0 Å². The number of likely N-dealkylation sites (tertiary alicyclic amines) is 1. The van der Waals surface area contributed by atoms with Crippen molar-refractivity contribution in [2.75, 3.05) is 19.6 Å². The molecule has 94 valence electrons. The Balaban J connectivity index is 2.75. The van der Waals surface area contributed by atoms with Crippen molar-refractivity contribution in [2.24, 2.45) is 0 Å². The highest BCUT2D eigenvalue weighted by molar-refractivity contribution is 5.00. The van der Waals surface area contributed by atoms with Crippen molar-refractivity contribution in [3.05, 3.63) is 12.7 Å². The fourth-order valence-corrected chi connectivity index (χ4v) is 2.89. The monoisotopic (exact) mass is 224 g/mol. The Kier molecular flexibility index (Phi) is 5.50. The molecule has 0 spiro atoms. The van der Waals surface area contributed by atoms with Gasteiger partial charge in [0.15, 0.2) is 0 Å². The average molecular weight is 224 g/mol. The Hall–Kier alpha value is -0.340. The molecule has 1 aliphatic heterocycles. The molecule has 2 atom stereocenters. The molecule has 0 amide bonds. The summed E-state index contributed by atoms with van der Waals surface area (Å²) in [6, 6.07) is 0.540. The predicted molar refractivity (Wildman–Crippen MR) is 71.8 cm³/mol. The summed E-state index contributed by atoms with van der Waals surface area (Å²) in [5.41, 5.74) is 0.292. The zero-order valence-electron chi connectivity index (χ0n) is 11.3. The van der Waals surface area contributed by atoms with E-state index in [-0.39, 0.29) is 0 Å². The molecule has 0 bridgehead atoms. The van der Waals surface area contributed by atoms with Crippen LogP contribution in [0.3, 0.4) is 0 Å². The number of rotatable bonds is 7. The van der Waals surface area contributed by atoms with Gasteiger partial charge < -0.3 is 5.32 Å². The molecule has 2 nitrogen and oxygen atoms in total. The molecule has 2 heteroatoms. The second-order valence-corrected chi connectivity index (χ2v) is 5.04. The lowest BCUT2D eigenvalue weighted by Crippen LogP contribution is -2.58. The summed E-state index contributed by atoms with van der Waals surface area (Å²) in [6.45, 7) is 14.4. The second-order valence-electron chi connectivity index (χ2n) is 5.04. The van der Waals surface area contributed by atoms with Gasteiger partial charge in [-0.05, 0) is 52.2 Å². The molecule has 0 saturated carbocycles. The maximum absolute atomic E-state index is 3.90. The van der Waals surface area contributed by atoms with E-state index in [0.29, 0.717) is 11.6 Å². The van der Waals surface area contributed by atoms with Crippen LogP contribution in [0.4, 0.5) is 0 Å². The van der Waals surface area contributed by atoms with E-state index in [4.69, 9.17) is 0 Å². The molecule has 0 radical (unpaired) electrons. The maximum Gasteiger partial charge on any atom is 0.0334 e. The lowest BCUT2D eigenvalue weighted by atomic mass is 9.85. The summed E-state index contributed by atoms with van der Waals surface area (Å²) in [6.07, 6.45) is 7.05. The van der Waals surface area contributed by atoms with Gasteiger partial charge in [-0.3, -0.25) is 4.90 Å². The second kappa shape index (κ2) is 6.41. The first-order valence-corrected chi connectivity index (χ1v) is 6.78. The summed E-state index contributed by atoms with van der Waals surface area (Å²) in [7, 11) is 0. The van der Waals surface area contributed by atoms with Gasteiger partial charge in [0.05, 0.1) is 0 Å². The van der Waals surface area contributed by atoms with Gasteiger partial charge in [0.2, 0.25) is 0 Å². The zero-order chi connectivity index (χ0) is 12.0. The van der Waals surface area contributed by atoms with Crippen LogP contribution in [0.5, 0.6) is 0 Å². The third kappa shape index (κ3) is 2.86. The maximum atomic E-state index is 3.90. The molecular weight excluding hydrogens is 196 g/mol. The lowest BCUT2D eigenvalue weighted by molar-refractivity contribution is 0.0858. The van der Waals surface area contributed by atoms with E-state index in [1.54, 1.807) is 0 Å². The minimum absolute atomic E-state index is 0.292. The summed E-state index contributed by atoms with van der Waals surface area (Å²) < 4.78 is 0. The zero-order valence-corrected chi connectivity index (χ0v) is 11.3. The van der Waals surface area contributed by atoms with E-state index in [2.05, 4.69) is 43.6 Å². The van der Waals surface area contributed by atoms with Crippen LogP contribution in [0.25, 0.3) is 0 Å². The van der Waals surface area contributed by atoms with Gasteiger partial charge in [0.1, 0.15) is 0 Å². The summed E-state index contributed by atoms with van der Waals surface area (Å²) in [5, 5.41) is 3.64. The molecule has 0 aromatic carbocycles. The lowest BCUT2D eigenvalue weighted by Gasteiger charge is -2.44. The predicted octanol–water partition coefficient (Wildman–Crippen LogP) is 2.81. The number of nitrogens with zero attached hydrogens (tertiary/aromatic N) is 1. The van der Waals surface area contributed by atoms with Gasteiger partial charge in [-0.25, -0.2) is 0 Å². The third-order valence-electron chi connectivity index (χ3n) is 4.15. The highest BCUT2D eigenvalue weighted by Gasteiger charge is 2.38. The van der Waals surface area contributed by atoms with Crippen molar-refractivity contribution in [1.82, 2.24) is 10.2 Å². The number of nitrogens with one attached hydrogen (secondary N) is 1. The van der Waals surface area contributed by atoms with Crippen LogP contribution in [0.2, 0.25) is 0 Å². The van der Waals surface area contributed by atoms with E-state index in [1.165, 1.54) is 32.4 Å². The van der Waals surface area contributed by atoms with E-state index in [0.717, 1.165) is 13.0 Å². The third-order valence-corrected chi connectivity index (χ3v) is 4.15. The van der Waals surface area contributed by atoms with Crippen LogP contribution in [-0.4, -0.2) is 36.1 Å². The Morgan fingerprint density at radius 1 is 1.38 bits per heavy atom. The minimum Gasteiger partial charge on any atom is -0.312 e. The number of hydrogen-bond acceptors (Lipinski definition) is 2. The molecule has 1 N–H and O–H groups in total. The first-order valence-electron chi connectivity index (χ1n) is 6.78. The normalized spacial score (nSPS) is 22.9. The Morgan fingerprint density at radius 2 is 2.00 bits per heavy atom. The average Bonchev–Trinajstić information content (AvgIpc) is 2.81. The van der Waals surface area contributed by atoms with Crippen molar-refractivity contribution >= 4 is 0 Å². The molecule has 0 aromatic rings. The smallest absolute Gasteiger partial charge is 0.0334 e. The Bertz CT molecular complexity index is 209. The van der Waals surface area contributed by atoms with E-state index >= 15 is 0 Å². The fraction of sp³-hybridized carbons (Fsp3) is 0.857. The first-order chi connectivity index (χ1) is 7.69. The summed E-state index contributed by atoms with van der Waals surface area (Å²) >= 11 is 0. The highest BCUT2D eigenvalue weighted by Crippen LogP contribution is 2.29. The Labute approximate surface area is 101 Å². The largest absolute Gasteiger partial charge is 0.312 e. The van der Waals surface area contributed by atoms with E-state index in [1.807, 2.05) is 0 Å². The SMILES string of the molecule is C=CCC(NCC)C(C)(CC)N1CCCC1. The minimum atomic E-state index is 0.292. The molecule has 1 rings (SSSR count). The molecule has 2 unspecified atom stereocenters. The highest BCUT2D eigenvalue weighted by atomic mass is 15.2. The van der Waals surface area contributed by atoms with Gasteiger partial charge >= 0.3 is 0 Å². The van der Waals surface area contributed by atoms with E-state index in [9.17, 15) is 0 Å². The fourth-order valence-electron chi connectivity index (χ4n) is 2.89. The first kappa shape index (κ1) is 13.7. The quantitative estimate of drug-likeness (QED) is 0.669.